The zero-order valence-electron chi connectivity index (χ0n) is 12.6. The van der Waals surface area contributed by atoms with Crippen molar-refractivity contribution >= 4 is 0 Å². The molecule has 0 bridgehead atoms. The fraction of sp³-hybridized carbons (Fsp3) is 0.733. The van der Waals surface area contributed by atoms with Gasteiger partial charge in [-0.1, -0.05) is 34.6 Å². The van der Waals surface area contributed by atoms with Crippen LogP contribution in [0.15, 0.2) is 6.07 Å². The first-order chi connectivity index (χ1) is 8.43. The Bertz CT molecular complexity index is 372. The molecule has 1 atom stereocenters. The first-order valence-corrected chi connectivity index (χ1v) is 7.01. The molecule has 3 nitrogen and oxygen atoms in total. The molecule has 0 saturated carbocycles. The molecular weight excluding hydrogens is 222 g/mol. The van der Waals surface area contributed by atoms with Crippen LogP contribution in [-0.2, 0) is 6.42 Å². The predicted molar refractivity (Wildman–Crippen MR) is 76.9 cm³/mol. The maximum absolute atomic E-state index is 4.69. The fourth-order valence-electron chi connectivity index (χ4n) is 2.05. The fourth-order valence-corrected chi connectivity index (χ4v) is 2.05. The molecule has 1 heterocycles. The van der Waals surface area contributed by atoms with Crippen LogP contribution in [0.4, 0.5) is 0 Å². The van der Waals surface area contributed by atoms with Crippen molar-refractivity contribution in [1.82, 2.24) is 15.3 Å². The first kappa shape index (κ1) is 15.1. The summed E-state index contributed by atoms with van der Waals surface area (Å²) < 4.78 is 0. The van der Waals surface area contributed by atoms with Gasteiger partial charge in [0.2, 0.25) is 0 Å². The molecule has 1 unspecified atom stereocenters. The van der Waals surface area contributed by atoms with E-state index in [1.807, 2.05) is 0 Å². The maximum atomic E-state index is 4.69. The van der Waals surface area contributed by atoms with Crippen LogP contribution in [0.3, 0.4) is 0 Å². The lowest BCUT2D eigenvalue weighted by atomic mass is 9.98. The molecule has 0 aliphatic rings. The van der Waals surface area contributed by atoms with Crippen LogP contribution in [0.25, 0.3) is 0 Å². The van der Waals surface area contributed by atoms with Crippen LogP contribution < -0.4 is 5.32 Å². The lowest BCUT2D eigenvalue weighted by molar-refractivity contribution is 0.401. The van der Waals surface area contributed by atoms with Gasteiger partial charge in [0.15, 0.2) is 0 Å². The van der Waals surface area contributed by atoms with E-state index in [1.54, 1.807) is 0 Å². The predicted octanol–water partition coefficient (Wildman–Crippen LogP) is 3.09. The summed E-state index contributed by atoms with van der Waals surface area (Å²) in [4.78, 5) is 9.19. The van der Waals surface area contributed by atoms with Crippen LogP contribution in [0.2, 0.25) is 0 Å². The second kappa shape index (κ2) is 6.83. The summed E-state index contributed by atoms with van der Waals surface area (Å²) in [6.45, 7) is 14.0. The Hall–Kier alpha value is -0.960. The number of hydrogen-bond donors (Lipinski definition) is 1. The number of likely N-dealkylation sites (N-methyl/N-ethyl adjacent to an activating group) is 1. The molecule has 0 aliphatic carbocycles. The van der Waals surface area contributed by atoms with Crippen molar-refractivity contribution in [3.05, 3.63) is 23.3 Å². The monoisotopic (exact) mass is 249 g/mol. The lowest BCUT2D eigenvalue weighted by Crippen LogP contribution is -2.36. The van der Waals surface area contributed by atoms with Gasteiger partial charge >= 0.3 is 0 Å². The summed E-state index contributed by atoms with van der Waals surface area (Å²) in [5.41, 5.74) is 2.23. The smallest absolute Gasteiger partial charge is 0.131 e. The summed E-state index contributed by atoms with van der Waals surface area (Å²) in [5, 5.41) is 3.54. The highest BCUT2D eigenvalue weighted by atomic mass is 14.9. The van der Waals surface area contributed by atoms with E-state index >= 15 is 0 Å². The molecular formula is C15H27N3. The Morgan fingerprint density at radius 1 is 1.17 bits per heavy atom. The van der Waals surface area contributed by atoms with E-state index in [9.17, 15) is 0 Å². The second-order valence-corrected chi connectivity index (χ2v) is 5.63. The molecule has 0 radical (unpaired) electrons. The average Bonchev–Trinajstić information content (AvgIpc) is 2.27. The molecule has 0 amide bonds. The number of nitrogens with zero attached hydrogens (tertiary/aromatic N) is 2. The third-order valence-electron chi connectivity index (χ3n) is 3.14. The third-order valence-corrected chi connectivity index (χ3v) is 3.14. The van der Waals surface area contributed by atoms with E-state index < -0.39 is 0 Å². The van der Waals surface area contributed by atoms with Gasteiger partial charge in [-0.2, -0.15) is 0 Å². The summed E-state index contributed by atoms with van der Waals surface area (Å²) in [6.07, 6.45) is 0.981. The van der Waals surface area contributed by atoms with Gasteiger partial charge in [0, 0.05) is 29.8 Å². The molecule has 1 N–H and O–H groups in total. The minimum atomic E-state index is 0.389. The van der Waals surface area contributed by atoms with E-state index in [-0.39, 0.29) is 0 Å². The van der Waals surface area contributed by atoms with Crippen LogP contribution in [-0.4, -0.2) is 22.6 Å². The van der Waals surface area contributed by atoms with Crippen LogP contribution in [0, 0.1) is 12.8 Å². The molecule has 102 valence electrons. The van der Waals surface area contributed by atoms with Crippen molar-refractivity contribution in [2.45, 2.75) is 59.9 Å². The summed E-state index contributed by atoms with van der Waals surface area (Å²) in [6, 6.07) is 2.60. The highest BCUT2D eigenvalue weighted by Gasteiger charge is 2.15. The summed E-state index contributed by atoms with van der Waals surface area (Å²) >= 11 is 0. The molecule has 0 saturated heterocycles. The van der Waals surface area contributed by atoms with E-state index in [4.69, 9.17) is 0 Å². The van der Waals surface area contributed by atoms with E-state index in [0.717, 1.165) is 30.2 Å². The Balaban J connectivity index is 2.88. The summed E-state index contributed by atoms with van der Waals surface area (Å²) in [7, 11) is 0. The standard InChI is InChI=1S/C15H27N3/c1-7-16-14(10(2)3)9-13-8-12(6)17-15(18-13)11(4)5/h8,10-11,14,16H,7,9H2,1-6H3. The van der Waals surface area contributed by atoms with Crippen LogP contribution in [0.1, 0.15) is 57.7 Å². The number of aromatic nitrogens is 2. The number of rotatable bonds is 6. The Morgan fingerprint density at radius 3 is 2.33 bits per heavy atom. The zero-order valence-corrected chi connectivity index (χ0v) is 12.6. The third kappa shape index (κ3) is 4.37. The van der Waals surface area contributed by atoms with Gasteiger partial charge < -0.3 is 5.32 Å². The van der Waals surface area contributed by atoms with E-state index in [2.05, 4.69) is 62.9 Å². The molecule has 0 spiro atoms. The van der Waals surface area contributed by atoms with Gasteiger partial charge in [0.1, 0.15) is 5.82 Å². The van der Waals surface area contributed by atoms with Crippen LogP contribution >= 0.6 is 0 Å². The van der Waals surface area contributed by atoms with Gasteiger partial charge in [-0.15, -0.1) is 0 Å². The Kier molecular flexibility index (Phi) is 5.73. The van der Waals surface area contributed by atoms with Crippen molar-refractivity contribution in [2.75, 3.05) is 6.54 Å². The minimum Gasteiger partial charge on any atom is -0.314 e. The number of aryl methyl sites for hydroxylation is 1. The van der Waals surface area contributed by atoms with Crippen LogP contribution in [0.5, 0.6) is 0 Å². The van der Waals surface area contributed by atoms with E-state index in [1.165, 1.54) is 0 Å². The molecule has 3 heteroatoms. The lowest BCUT2D eigenvalue weighted by Gasteiger charge is -2.22. The molecule has 0 aromatic carbocycles. The van der Waals surface area contributed by atoms with Gasteiger partial charge in [-0.3, -0.25) is 0 Å². The number of nitrogens with one attached hydrogen (secondary N) is 1. The minimum absolute atomic E-state index is 0.389. The molecule has 1 aromatic heterocycles. The van der Waals surface area contributed by atoms with Crippen molar-refractivity contribution in [2.24, 2.45) is 5.92 Å². The average molecular weight is 249 g/mol. The molecule has 1 rings (SSSR count). The van der Waals surface area contributed by atoms with Crippen molar-refractivity contribution in [3.8, 4) is 0 Å². The molecule has 0 fully saturated rings. The summed E-state index contributed by atoms with van der Waals surface area (Å²) in [5.74, 6) is 1.96. The first-order valence-electron chi connectivity index (χ1n) is 7.01. The second-order valence-electron chi connectivity index (χ2n) is 5.63. The van der Waals surface area contributed by atoms with Gasteiger partial charge in [0.05, 0.1) is 0 Å². The van der Waals surface area contributed by atoms with Crippen molar-refractivity contribution < 1.29 is 0 Å². The Labute approximate surface area is 111 Å². The Morgan fingerprint density at radius 2 is 1.83 bits per heavy atom. The SMILES string of the molecule is CCNC(Cc1cc(C)nc(C(C)C)n1)C(C)C. The largest absolute Gasteiger partial charge is 0.314 e. The molecule has 1 aromatic rings. The normalized spacial score (nSPS) is 13.3. The number of hydrogen-bond acceptors (Lipinski definition) is 3. The van der Waals surface area contributed by atoms with Gasteiger partial charge in [-0.05, 0) is 25.5 Å². The van der Waals surface area contributed by atoms with E-state index in [0.29, 0.717) is 17.9 Å². The van der Waals surface area contributed by atoms with Gasteiger partial charge in [0.25, 0.3) is 0 Å². The zero-order chi connectivity index (χ0) is 13.7. The van der Waals surface area contributed by atoms with Crippen molar-refractivity contribution in [1.29, 1.82) is 0 Å². The highest BCUT2D eigenvalue weighted by molar-refractivity contribution is 5.13. The maximum Gasteiger partial charge on any atom is 0.131 e. The molecule has 0 aliphatic heterocycles. The van der Waals surface area contributed by atoms with Crippen molar-refractivity contribution in [3.63, 3.8) is 0 Å². The highest BCUT2D eigenvalue weighted by Crippen LogP contribution is 2.14. The molecule has 18 heavy (non-hydrogen) atoms. The topological polar surface area (TPSA) is 37.8 Å². The quantitative estimate of drug-likeness (QED) is 0.842. The van der Waals surface area contributed by atoms with Gasteiger partial charge in [-0.25, -0.2) is 9.97 Å².